The van der Waals surface area contributed by atoms with Crippen LogP contribution in [0.1, 0.15) is 6.42 Å². The summed E-state index contributed by atoms with van der Waals surface area (Å²) in [5, 5.41) is 8.58. The fraction of sp³-hybridized carbons (Fsp3) is 1.00. The summed E-state index contributed by atoms with van der Waals surface area (Å²) in [5.41, 5.74) is 0.537. The third-order valence-electron chi connectivity index (χ3n) is 2.57. The Morgan fingerprint density at radius 1 is 1.33 bits per heavy atom. The molecule has 0 aromatic rings. The standard InChI is InChI=1S/C8H15NO2.Y/c10-3-1-2-9-4-8(5-9)6-11-7-8;/h10H,1-7H2;. The molecular formula is C8H15NO2Y. The molecule has 0 aromatic carbocycles. The Morgan fingerprint density at radius 3 is 2.42 bits per heavy atom. The van der Waals surface area contributed by atoms with Gasteiger partial charge in [0.15, 0.2) is 0 Å². The van der Waals surface area contributed by atoms with Crippen molar-refractivity contribution in [3.8, 4) is 0 Å². The van der Waals surface area contributed by atoms with Crippen molar-refractivity contribution in [2.24, 2.45) is 5.41 Å². The van der Waals surface area contributed by atoms with E-state index >= 15 is 0 Å². The smallest absolute Gasteiger partial charge is 0.0569 e. The minimum atomic E-state index is 0. The molecule has 2 fully saturated rings. The van der Waals surface area contributed by atoms with Crippen LogP contribution in [-0.2, 0) is 37.4 Å². The van der Waals surface area contributed by atoms with Crippen molar-refractivity contribution in [3.05, 3.63) is 0 Å². The maximum absolute atomic E-state index is 8.58. The second-order valence-electron chi connectivity index (χ2n) is 3.78. The zero-order valence-corrected chi connectivity index (χ0v) is 10.2. The molecule has 2 rings (SSSR count). The van der Waals surface area contributed by atoms with Crippen molar-refractivity contribution in [3.63, 3.8) is 0 Å². The van der Waals surface area contributed by atoms with E-state index < -0.39 is 0 Å². The van der Waals surface area contributed by atoms with Gasteiger partial charge in [-0.2, -0.15) is 0 Å². The number of ether oxygens (including phenoxy) is 1. The first-order valence-corrected chi connectivity index (χ1v) is 4.26. The van der Waals surface area contributed by atoms with Gasteiger partial charge in [0.1, 0.15) is 0 Å². The van der Waals surface area contributed by atoms with E-state index in [2.05, 4.69) is 4.90 Å². The second-order valence-corrected chi connectivity index (χ2v) is 3.78. The van der Waals surface area contributed by atoms with Crippen molar-refractivity contribution < 1.29 is 42.6 Å². The van der Waals surface area contributed by atoms with Crippen molar-refractivity contribution in [1.29, 1.82) is 0 Å². The fourth-order valence-corrected chi connectivity index (χ4v) is 1.93. The molecule has 4 heteroatoms. The molecule has 1 radical (unpaired) electrons. The zero-order valence-electron chi connectivity index (χ0n) is 7.33. The van der Waals surface area contributed by atoms with Crippen LogP contribution in [0, 0.1) is 5.41 Å². The molecule has 3 nitrogen and oxygen atoms in total. The Labute approximate surface area is 98.3 Å². The van der Waals surface area contributed by atoms with Gasteiger partial charge in [-0.05, 0) is 6.42 Å². The summed E-state index contributed by atoms with van der Waals surface area (Å²) >= 11 is 0. The molecule has 0 aromatic heterocycles. The van der Waals surface area contributed by atoms with Crippen LogP contribution in [-0.4, -0.2) is 49.5 Å². The number of nitrogens with zero attached hydrogens (tertiary/aromatic N) is 1. The van der Waals surface area contributed by atoms with Crippen LogP contribution < -0.4 is 0 Å². The average molecular weight is 246 g/mol. The first-order valence-electron chi connectivity index (χ1n) is 4.26. The molecule has 0 unspecified atom stereocenters. The van der Waals surface area contributed by atoms with Gasteiger partial charge < -0.3 is 14.7 Å². The normalized spacial score (nSPS) is 25.8. The number of aliphatic hydroxyl groups excluding tert-OH is 1. The predicted molar refractivity (Wildman–Crippen MR) is 41.4 cm³/mol. The molecule has 2 aliphatic heterocycles. The summed E-state index contributed by atoms with van der Waals surface area (Å²) < 4.78 is 5.16. The first-order chi connectivity index (χ1) is 5.35. The first kappa shape index (κ1) is 11.1. The van der Waals surface area contributed by atoms with Crippen LogP contribution in [0.5, 0.6) is 0 Å². The van der Waals surface area contributed by atoms with Gasteiger partial charge >= 0.3 is 0 Å². The molecule has 67 valence electrons. The van der Waals surface area contributed by atoms with Crippen molar-refractivity contribution >= 4 is 0 Å². The molecule has 2 saturated heterocycles. The third kappa shape index (κ3) is 2.07. The van der Waals surface area contributed by atoms with E-state index in [0.717, 1.165) is 26.2 Å². The van der Waals surface area contributed by atoms with Crippen LogP contribution in [0.25, 0.3) is 0 Å². The van der Waals surface area contributed by atoms with Gasteiger partial charge in [0, 0.05) is 64.4 Å². The van der Waals surface area contributed by atoms with Gasteiger partial charge in [-0.3, -0.25) is 0 Å². The Morgan fingerprint density at radius 2 is 2.00 bits per heavy atom. The number of hydrogen-bond donors (Lipinski definition) is 1. The van der Waals surface area contributed by atoms with Gasteiger partial charge in [-0.25, -0.2) is 0 Å². The largest absolute Gasteiger partial charge is 0.396 e. The van der Waals surface area contributed by atoms with Crippen LogP contribution in [0.4, 0.5) is 0 Å². The predicted octanol–water partition coefficient (Wildman–Crippen LogP) is -0.301. The van der Waals surface area contributed by atoms with Crippen LogP contribution in [0.15, 0.2) is 0 Å². The zero-order chi connectivity index (χ0) is 7.73. The number of hydrogen-bond acceptors (Lipinski definition) is 3. The van der Waals surface area contributed by atoms with Crippen LogP contribution >= 0.6 is 0 Å². The summed E-state index contributed by atoms with van der Waals surface area (Å²) in [5.74, 6) is 0. The Kier molecular flexibility index (Phi) is 4.12. The SMILES string of the molecule is OCCCN1CC2(COC2)C1.[Y]. The molecule has 0 bridgehead atoms. The number of rotatable bonds is 3. The molecule has 1 spiro atoms. The van der Waals surface area contributed by atoms with Gasteiger partial charge in [0.25, 0.3) is 0 Å². The minimum Gasteiger partial charge on any atom is -0.396 e. The monoisotopic (exact) mass is 246 g/mol. The number of likely N-dealkylation sites (tertiary alicyclic amines) is 1. The molecule has 1 N–H and O–H groups in total. The molecule has 2 aliphatic rings. The van der Waals surface area contributed by atoms with E-state index in [-0.39, 0.29) is 32.7 Å². The molecule has 12 heavy (non-hydrogen) atoms. The van der Waals surface area contributed by atoms with Gasteiger partial charge in [0.05, 0.1) is 13.2 Å². The van der Waals surface area contributed by atoms with Crippen LogP contribution in [0.2, 0.25) is 0 Å². The van der Waals surface area contributed by atoms with E-state index in [1.54, 1.807) is 0 Å². The molecule has 0 atom stereocenters. The average Bonchev–Trinajstić information content (AvgIpc) is 1.81. The van der Waals surface area contributed by atoms with Gasteiger partial charge in [-0.15, -0.1) is 0 Å². The fourth-order valence-electron chi connectivity index (χ4n) is 1.93. The summed E-state index contributed by atoms with van der Waals surface area (Å²) in [6.45, 7) is 5.67. The molecule has 0 amide bonds. The molecule has 0 aliphatic carbocycles. The van der Waals surface area contributed by atoms with Gasteiger partial charge in [0.2, 0.25) is 0 Å². The molecular weight excluding hydrogens is 231 g/mol. The summed E-state index contributed by atoms with van der Waals surface area (Å²) in [6, 6.07) is 0. The van der Waals surface area contributed by atoms with E-state index in [4.69, 9.17) is 9.84 Å². The maximum atomic E-state index is 8.58. The summed E-state index contributed by atoms with van der Waals surface area (Å²) in [4.78, 5) is 2.39. The van der Waals surface area contributed by atoms with Crippen LogP contribution in [0.3, 0.4) is 0 Å². The summed E-state index contributed by atoms with van der Waals surface area (Å²) in [6.07, 6.45) is 0.914. The van der Waals surface area contributed by atoms with Gasteiger partial charge in [-0.1, -0.05) is 0 Å². The molecule has 2 heterocycles. The second kappa shape index (κ2) is 4.47. The molecule has 0 saturated carbocycles. The van der Waals surface area contributed by atoms with Crippen molar-refractivity contribution in [2.45, 2.75) is 6.42 Å². The van der Waals surface area contributed by atoms with E-state index in [0.29, 0.717) is 12.0 Å². The quantitative estimate of drug-likeness (QED) is 0.742. The van der Waals surface area contributed by atoms with E-state index in [1.165, 1.54) is 13.1 Å². The Bertz CT molecular complexity index is 142. The maximum Gasteiger partial charge on any atom is 0.0569 e. The number of aliphatic hydroxyl groups is 1. The minimum absolute atomic E-state index is 0. The van der Waals surface area contributed by atoms with Crippen molar-refractivity contribution in [1.82, 2.24) is 4.90 Å². The summed E-state index contributed by atoms with van der Waals surface area (Å²) in [7, 11) is 0. The topological polar surface area (TPSA) is 32.7 Å². The Hall–Kier alpha value is 0.984. The van der Waals surface area contributed by atoms with Crippen molar-refractivity contribution in [2.75, 3.05) is 39.5 Å². The Balaban J connectivity index is 0.000000720. The van der Waals surface area contributed by atoms with E-state index in [9.17, 15) is 0 Å². The third-order valence-corrected chi connectivity index (χ3v) is 2.57. The van der Waals surface area contributed by atoms with E-state index in [1.807, 2.05) is 0 Å².